The van der Waals surface area contributed by atoms with E-state index in [1.165, 1.54) is 18.6 Å². The number of ether oxygens (including phenoxy) is 1. The summed E-state index contributed by atoms with van der Waals surface area (Å²) in [5, 5.41) is 19.4. The van der Waals surface area contributed by atoms with E-state index < -0.39 is 10.8 Å². The number of carbonyl (C=O) groups is 1. The van der Waals surface area contributed by atoms with Crippen LogP contribution in [0.25, 0.3) is 22.4 Å². The molecular formula is C24H23ClN6O4S. The lowest BCUT2D eigenvalue weighted by Gasteiger charge is -2.22. The molecule has 1 fully saturated rings. The molecule has 0 spiro atoms. The maximum atomic E-state index is 13.0. The van der Waals surface area contributed by atoms with Gasteiger partial charge in [-0.3, -0.25) is 14.9 Å². The van der Waals surface area contributed by atoms with Crippen LogP contribution in [0.2, 0.25) is 5.02 Å². The first-order chi connectivity index (χ1) is 17.4. The van der Waals surface area contributed by atoms with Gasteiger partial charge in [0.15, 0.2) is 11.5 Å². The van der Waals surface area contributed by atoms with Gasteiger partial charge in [0.25, 0.3) is 5.91 Å². The van der Waals surface area contributed by atoms with Gasteiger partial charge in [0, 0.05) is 11.6 Å². The predicted molar refractivity (Wildman–Crippen MR) is 138 cm³/mol. The lowest BCUT2D eigenvalue weighted by molar-refractivity contribution is -0.380. The van der Waals surface area contributed by atoms with Crippen molar-refractivity contribution < 1.29 is 14.5 Å². The van der Waals surface area contributed by atoms with Crippen LogP contribution in [0.3, 0.4) is 0 Å². The third kappa shape index (κ3) is 4.76. The average Bonchev–Trinajstić information content (AvgIpc) is 3.54. The van der Waals surface area contributed by atoms with Gasteiger partial charge in [-0.15, -0.1) is 0 Å². The number of carbonyl (C=O) groups excluding carboxylic acids is 1. The van der Waals surface area contributed by atoms with Gasteiger partial charge in [-0.1, -0.05) is 42.2 Å². The van der Waals surface area contributed by atoms with Crippen LogP contribution in [-0.2, 0) is 0 Å². The van der Waals surface area contributed by atoms with E-state index in [1.54, 1.807) is 18.3 Å². The highest BCUT2D eigenvalue weighted by molar-refractivity contribution is 7.17. The summed E-state index contributed by atoms with van der Waals surface area (Å²) in [7, 11) is 0. The maximum absolute atomic E-state index is 13.0. The molecule has 0 aliphatic heterocycles. The largest absolute Gasteiger partial charge is 0.492 e. The minimum Gasteiger partial charge on any atom is -0.492 e. The number of nitro groups is 1. The quantitative estimate of drug-likeness (QED) is 0.222. The van der Waals surface area contributed by atoms with Crippen molar-refractivity contribution in [3.8, 4) is 17.1 Å². The summed E-state index contributed by atoms with van der Waals surface area (Å²) in [6.07, 6.45) is 7.12. The number of hydrogen-bond acceptors (Lipinski definition) is 8. The molecule has 0 atom stereocenters. The number of halogens is 1. The summed E-state index contributed by atoms with van der Waals surface area (Å²) in [6, 6.07) is 8.25. The first kappa shape index (κ1) is 24.1. The molecule has 1 aromatic carbocycles. The van der Waals surface area contributed by atoms with E-state index in [2.05, 4.69) is 15.4 Å². The molecule has 0 saturated heterocycles. The van der Waals surface area contributed by atoms with Crippen molar-refractivity contribution in [3.05, 3.63) is 56.5 Å². The average molecular weight is 527 g/mol. The zero-order valence-corrected chi connectivity index (χ0v) is 21.0. The summed E-state index contributed by atoms with van der Waals surface area (Å²) in [5.41, 5.74) is 1.27. The van der Waals surface area contributed by atoms with Crippen LogP contribution >= 0.6 is 22.9 Å². The van der Waals surface area contributed by atoms with Crippen LogP contribution in [0.5, 0.6) is 5.75 Å². The number of nitrogens with one attached hydrogen (secondary N) is 1. The highest BCUT2D eigenvalue weighted by Gasteiger charge is 2.23. The number of hydrogen-bond donors (Lipinski definition) is 1. The predicted octanol–water partition coefficient (Wildman–Crippen LogP) is 6.27. The topological polar surface area (TPSA) is 125 Å². The second-order valence-electron chi connectivity index (χ2n) is 8.44. The molecule has 1 amide bonds. The van der Waals surface area contributed by atoms with Crippen molar-refractivity contribution in [1.82, 2.24) is 19.7 Å². The number of nitrogens with zero attached hydrogens (tertiary/aromatic N) is 5. The van der Waals surface area contributed by atoms with E-state index in [0.29, 0.717) is 39.8 Å². The van der Waals surface area contributed by atoms with E-state index in [1.807, 2.05) is 17.7 Å². The Bertz CT molecular complexity index is 1450. The Kier molecular flexibility index (Phi) is 6.84. The summed E-state index contributed by atoms with van der Waals surface area (Å²) >= 11 is 7.22. The van der Waals surface area contributed by atoms with Crippen molar-refractivity contribution in [3.63, 3.8) is 0 Å². The van der Waals surface area contributed by atoms with Crippen molar-refractivity contribution in [2.45, 2.75) is 45.1 Å². The standard InChI is InChI=1S/C24H23ClN6O4S/c1-2-35-18-9-8-14(12-17(18)25)21-27-22(29-24(32)19-10-11-20(36-19)31(33)34)16-13-26-30(23(16)28-21)15-6-4-3-5-7-15/h8-13,15H,2-7H2,1H3,(H,27,28,29,32). The molecule has 4 aromatic rings. The Balaban J connectivity index is 1.58. The zero-order valence-electron chi connectivity index (χ0n) is 19.4. The fourth-order valence-corrected chi connectivity index (χ4v) is 5.32. The molecular weight excluding hydrogens is 504 g/mol. The Labute approximate surface area is 215 Å². The molecule has 10 nitrogen and oxygen atoms in total. The molecule has 3 aromatic heterocycles. The second-order valence-corrected chi connectivity index (χ2v) is 9.91. The van der Waals surface area contributed by atoms with Gasteiger partial charge >= 0.3 is 5.00 Å². The smallest absolute Gasteiger partial charge is 0.324 e. The second kappa shape index (κ2) is 10.2. The van der Waals surface area contributed by atoms with Crippen molar-refractivity contribution >= 4 is 50.7 Å². The van der Waals surface area contributed by atoms with Gasteiger partial charge in [0.1, 0.15) is 11.6 Å². The van der Waals surface area contributed by atoms with Crippen molar-refractivity contribution in [1.29, 1.82) is 0 Å². The molecule has 1 N–H and O–H groups in total. The van der Waals surface area contributed by atoms with Gasteiger partial charge in [-0.25, -0.2) is 14.6 Å². The summed E-state index contributed by atoms with van der Waals surface area (Å²) in [6.45, 7) is 2.37. The molecule has 186 valence electrons. The fourth-order valence-electron chi connectivity index (χ4n) is 4.37. The van der Waals surface area contributed by atoms with Gasteiger partial charge in [0.2, 0.25) is 0 Å². The molecule has 36 heavy (non-hydrogen) atoms. The van der Waals surface area contributed by atoms with Crippen molar-refractivity contribution in [2.24, 2.45) is 0 Å². The molecule has 5 rings (SSSR count). The zero-order chi connectivity index (χ0) is 25.2. The van der Waals surface area contributed by atoms with E-state index in [-0.39, 0.29) is 21.7 Å². The van der Waals surface area contributed by atoms with Crippen molar-refractivity contribution in [2.75, 3.05) is 11.9 Å². The minimum atomic E-state index is -0.522. The van der Waals surface area contributed by atoms with Crippen LogP contribution in [0.1, 0.15) is 54.7 Å². The van der Waals surface area contributed by atoms with Gasteiger partial charge in [-0.2, -0.15) is 5.10 Å². The Morgan fingerprint density at radius 2 is 2.06 bits per heavy atom. The molecule has 1 saturated carbocycles. The van der Waals surface area contributed by atoms with E-state index in [0.717, 1.165) is 37.0 Å². The summed E-state index contributed by atoms with van der Waals surface area (Å²) in [5.74, 6) is 0.721. The maximum Gasteiger partial charge on any atom is 0.324 e. The number of amides is 1. The fraction of sp³-hybridized carbons (Fsp3) is 0.333. The van der Waals surface area contributed by atoms with Crippen LogP contribution in [-0.4, -0.2) is 37.2 Å². The van der Waals surface area contributed by atoms with E-state index >= 15 is 0 Å². The number of fused-ring (bicyclic) bond motifs is 1. The number of thiophene rings is 1. The normalized spacial score (nSPS) is 14.2. The van der Waals surface area contributed by atoms with Crippen LogP contribution < -0.4 is 10.1 Å². The highest BCUT2D eigenvalue weighted by Crippen LogP contribution is 2.35. The van der Waals surface area contributed by atoms with Crippen LogP contribution in [0.4, 0.5) is 10.8 Å². The first-order valence-electron chi connectivity index (χ1n) is 11.7. The van der Waals surface area contributed by atoms with Gasteiger partial charge in [0.05, 0.1) is 39.1 Å². The molecule has 0 radical (unpaired) electrons. The molecule has 0 unspecified atom stereocenters. The third-order valence-electron chi connectivity index (χ3n) is 6.09. The number of aromatic nitrogens is 4. The summed E-state index contributed by atoms with van der Waals surface area (Å²) in [4.78, 5) is 33.2. The number of anilines is 1. The van der Waals surface area contributed by atoms with Gasteiger partial charge < -0.3 is 10.1 Å². The highest BCUT2D eigenvalue weighted by atomic mass is 35.5. The number of benzene rings is 1. The Morgan fingerprint density at radius 3 is 2.75 bits per heavy atom. The van der Waals surface area contributed by atoms with Crippen LogP contribution in [0, 0.1) is 10.1 Å². The molecule has 12 heteroatoms. The SMILES string of the molecule is CCOc1ccc(-c2nc(NC(=O)c3ccc([N+](=O)[O-])s3)c3cnn(C4CCCCC4)c3n2)cc1Cl. The lowest BCUT2D eigenvalue weighted by atomic mass is 9.96. The summed E-state index contributed by atoms with van der Waals surface area (Å²) < 4.78 is 7.46. The Hall–Kier alpha value is -3.57. The Morgan fingerprint density at radius 1 is 1.25 bits per heavy atom. The lowest BCUT2D eigenvalue weighted by Crippen LogP contribution is -2.15. The molecule has 0 bridgehead atoms. The first-order valence-corrected chi connectivity index (χ1v) is 12.9. The van der Waals surface area contributed by atoms with E-state index in [4.69, 9.17) is 21.3 Å². The monoisotopic (exact) mass is 526 g/mol. The molecule has 1 aliphatic carbocycles. The van der Waals surface area contributed by atoms with Gasteiger partial charge in [-0.05, 0) is 44.0 Å². The molecule has 1 aliphatic rings. The van der Waals surface area contributed by atoms with Crippen LogP contribution in [0.15, 0.2) is 36.5 Å². The molecule has 3 heterocycles. The minimum absolute atomic E-state index is 0.108. The van der Waals surface area contributed by atoms with E-state index in [9.17, 15) is 14.9 Å². The number of rotatable bonds is 7. The third-order valence-corrected chi connectivity index (χ3v) is 7.42.